The first-order valence-corrected chi connectivity index (χ1v) is 9.72. The summed E-state index contributed by atoms with van der Waals surface area (Å²) in [6.07, 6.45) is 4.06. The van der Waals surface area contributed by atoms with Gasteiger partial charge in [0.05, 0.1) is 0 Å². The number of hydrogen-bond acceptors (Lipinski definition) is 3. The van der Waals surface area contributed by atoms with E-state index in [1.807, 2.05) is 0 Å². The van der Waals surface area contributed by atoms with Crippen LogP contribution in [0.2, 0.25) is 0 Å². The molecule has 2 rings (SSSR count). The Hall–Kier alpha value is 0.270. The zero-order valence-corrected chi connectivity index (χ0v) is 14.7. The van der Waals surface area contributed by atoms with Gasteiger partial charge in [-0.15, -0.1) is 0 Å². The van der Waals surface area contributed by atoms with Crippen molar-refractivity contribution in [2.75, 3.05) is 31.9 Å². The molecule has 0 amide bonds. The molecule has 20 heavy (non-hydrogen) atoms. The Bertz CT molecular complexity index is 284. The van der Waals surface area contributed by atoms with E-state index in [2.05, 4.69) is 49.7 Å². The zero-order valence-electron chi connectivity index (χ0n) is 13.9. The van der Waals surface area contributed by atoms with Gasteiger partial charge in [-0.25, -0.2) is 0 Å². The highest BCUT2D eigenvalue weighted by Crippen LogP contribution is 2.35. The quantitative estimate of drug-likeness (QED) is 0.836. The Morgan fingerprint density at radius 3 is 2.70 bits per heavy atom. The monoisotopic (exact) mass is 298 g/mol. The molecule has 0 bridgehead atoms. The molecular formula is C17H34N2S. The van der Waals surface area contributed by atoms with Crippen molar-refractivity contribution in [3.8, 4) is 0 Å². The third kappa shape index (κ3) is 4.64. The van der Waals surface area contributed by atoms with Gasteiger partial charge in [0.1, 0.15) is 0 Å². The third-order valence-electron chi connectivity index (χ3n) is 5.13. The predicted octanol–water partition coefficient (Wildman–Crippen LogP) is 3.47. The molecule has 0 spiro atoms. The van der Waals surface area contributed by atoms with E-state index < -0.39 is 0 Å². The lowest BCUT2D eigenvalue weighted by Crippen LogP contribution is -2.51. The van der Waals surface area contributed by atoms with Gasteiger partial charge in [-0.05, 0) is 43.6 Å². The highest BCUT2D eigenvalue weighted by Gasteiger charge is 2.35. The minimum Gasteiger partial charge on any atom is -0.314 e. The first kappa shape index (κ1) is 16.6. The second-order valence-corrected chi connectivity index (χ2v) is 8.77. The standard InChI is InChI=1S/C17H34N2S/c1-5-6-18-17-10-13(2)9-14(3)16(17)12-19-7-8-20-15(4)11-19/h13-18H,5-12H2,1-4H3. The molecule has 118 valence electrons. The Morgan fingerprint density at radius 2 is 2.00 bits per heavy atom. The number of hydrogen-bond donors (Lipinski definition) is 1. The lowest BCUT2D eigenvalue weighted by atomic mass is 9.72. The maximum atomic E-state index is 3.85. The molecule has 0 aromatic heterocycles. The minimum atomic E-state index is 0.749. The molecule has 0 aromatic rings. The number of nitrogens with one attached hydrogen (secondary N) is 1. The smallest absolute Gasteiger partial charge is 0.0147 e. The third-order valence-corrected chi connectivity index (χ3v) is 6.27. The molecule has 5 unspecified atom stereocenters. The van der Waals surface area contributed by atoms with Gasteiger partial charge in [-0.1, -0.05) is 27.7 Å². The highest BCUT2D eigenvalue weighted by atomic mass is 32.2. The summed E-state index contributed by atoms with van der Waals surface area (Å²) in [7, 11) is 0. The maximum Gasteiger partial charge on any atom is 0.0147 e. The van der Waals surface area contributed by atoms with Gasteiger partial charge in [0, 0.05) is 36.7 Å². The van der Waals surface area contributed by atoms with Crippen LogP contribution in [-0.2, 0) is 0 Å². The van der Waals surface area contributed by atoms with Gasteiger partial charge in [0.25, 0.3) is 0 Å². The second-order valence-electron chi connectivity index (χ2n) is 7.22. The molecule has 0 radical (unpaired) electrons. The van der Waals surface area contributed by atoms with Gasteiger partial charge < -0.3 is 10.2 Å². The van der Waals surface area contributed by atoms with Crippen LogP contribution in [0.15, 0.2) is 0 Å². The van der Waals surface area contributed by atoms with Crippen molar-refractivity contribution >= 4 is 11.8 Å². The summed E-state index contributed by atoms with van der Waals surface area (Å²) in [5.41, 5.74) is 0. The van der Waals surface area contributed by atoms with Crippen molar-refractivity contribution in [3.63, 3.8) is 0 Å². The SMILES string of the molecule is CCCNC1CC(C)CC(C)C1CN1CCSC(C)C1. The van der Waals surface area contributed by atoms with Crippen molar-refractivity contribution in [2.24, 2.45) is 17.8 Å². The average Bonchev–Trinajstić information content (AvgIpc) is 2.40. The average molecular weight is 299 g/mol. The van der Waals surface area contributed by atoms with Crippen LogP contribution in [0, 0.1) is 17.8 Å². The molecule has 2 aliphatic rings. The van der Waals surface area contributed by atoms with Crippen molar-refractivity contribution in [3.05, 3.63) is 0 Å². The fourth-order valence-electron chi connectivity index (χ4n) is 4.14. The summed E-state index contributed by atoms with van der Waals surface area (Å²) < 4.78 is 0. The molecule has 1 N–H and O–H groups in total. The minimum absolute atomic E-state index is 0.749. The summed E-state index contributed by atoms with van der Waals surface area (Å²) in [5.74, 6) is 3.95. The predicted molar refractivity (Wildman–Crippen MR) is 91.5 cm³/mol. The van der Waals surface area contributed by atoms with Crippen LogP contribution in [0.3, 0.4) is 0 Å². The Balaban J connectivity index is 1.93. The molecule has 1 heterocycles. The normalized spacial score (nSPS) is 39.9. The number of rotatable bonds is 5. The lowest BCUT2D eigenvalue weighted by Gasteiger charge is -2.43. The fourth-order valence-corrected chi connectivity index (χ4v) is 5.22. The molecular weight excluding hydrogens is 264 g/mol. The Kier molecular flexibility index (Phi) is 6.70. The van der Waals surface area contributed by atoms with Crippen LogP contribution < -0.4 is 5.32 Å². The van der Waals surface area contributed by atoms with E-state index in [9.17, 15) is 0 Å². The number of thioether (sulfide) groups is 1. The van der Waals surface area contributed by atoms with E-state index in [1.54, 1.807) is 0 Å². The van der Waals surface area contributed by atoms with Gasteiger partial charge in [-0.3, -0.25) is 0 Å². The molecule has 1 aliphatic heterocycles. The Labute approximate surface area is 130 Å². The van der Waals surface area contributed by atoms with Crippen LogP contribution in [0.25, 0.3) is 0 Å². The molecule has 2 nitrogen and oxygen atoms in total. The molecule has 1 saturated heterocycles. The molecule has 1 saturated carbocycles. The first-order chi connectivity index (χ1) is 9.60. The van der Waals surface area contributed by atoms with E-state index in [0.717, 1.165) is 29.0 Å². The van der Waals surface area contributed by atoms with Crippen molar-refractivity contribution in [1.29, 1.82) is 0 Å². The van der Waals surface area contributed by atoms with Crippen molar-refractivity contribution in [1.82, 2.24) is 10.2 Å². The van der Waals surface area contributed by atoms with Crippen LogP contribution in [0.1, 0.15) is 47.0 Å². The fraction of sp³-hybridized carbons (Fsp3) is 1.00. The number of nitrogens with zero attached hydrogens (tertiary/aromatic N) is 1. The topological polar surface area (TPSA) is 15.3 Å². The Morgan fingerprint density at radius 1 is 1.20 bits per heavy atom. The van der Waals surface area contributed by atoms with E-state index in [-0.39, 0.29) is 0 Å². The molecule has 5 atom stereocenters. The molecule has 1 aliphatic carbocycles. The summed E-state index contributed by atoms with van der Waals surface area (Å²) in [4.78, 5) is 2.74. The molecule has 0 aromatic carbocycles. The summed E-state index contributed by atoms with van der Waals surface area (Å²) in [6.45, 7) is 14.7. The van der Waals surface area contributed by atoms with Gasteiger partial charge in [0.2, 0.25) is 0 Å². The van der Waals surface area contributed by atoms with E-state index in [1.165, 1.54) is 51.2 Å². The van der Waals surface area contributed by atoms with Crippen LogP contribution >= 0.6 is 11.8 Å². The first-order valence-electron chi connectivity index (χ1n) is 8.67. The van der Waals surface area contributed by atoms with Crippen molar-refractivity contribution in [2.45, 2.75) is 58.2 Å². The van der Waals surface area contributed by atoms with Crippen molar-refractivity contribution < 1.29 is 0 Å². The maximum absolute atomic E-state index is 3.85. The lowest BCUT2D eigenvalue weighted by molar-refractivity contribution is 0.103. The van der Waals surface area contributed by atoms with Gasteiger partial charge >= 0.3 is 0 Å². The van der Waals surface area contributed by atoms with Gasteiger partial charge in [-0.2, -0.15) is 11.8 Å². The molecule has 3 heteroatoms. The zero-order chi connectivity index (χ0) is 14.5. The van der Waals surface area contributed by atoms with Gasteiger partial charge in [0.15, 0.2) is 0 Å². The largest absolute Gasteiger partial charge is 0.314 e. The second kappa shape index (κ2) is 8.05. The van der Waals surface area contributed by atoms with E-state index in [0.29, 0.717) is 0 Å². The summed E-state index contributed by atoms with van der Waals surface area (Å²) >= 11 is 2.14. The highest BCUT2D eigenvalue weighted by molar-refractivity contribution is 7.99. The van der Waals surface area contributed by atoms with Crippen LogP contribution in [-0.4, -0.2) is 48.1 Å². The van der Waals surface area contributed by atoms with Crippen LogP contribution in [0.4, 0.5) is 0 Å². The van der Waals surface area contributed by atoms with E-state index in [4.69, 9.17) is 0 Å². The summed E-state index contributed by atoms with van der Waals surface area (Å²) in [6, 6.07) is 0.749. The summed E-state index contributed by atoms with van der Waals surface area (Å²) in [5, 5.41) is 4.67. The van der Waals surface area contributed by atoms with Crippen LogP contribution in [0.5, 0.6) is 0 Å². The molecule has 2 fully saturated rings. The van der Waals surface area contributed by atoms with E-state index >= 15 is 0 Å².